The summed E-state index contributed by atoms with van der Waals surface area (Å²) in [6, 6.07) is 11.7. The summed E-state index contributed by atoms with van der Waals surface area (Å²) in [4.78, 5) is 2.43. The molecule has 1 aliphatic carbocycles. The summed E-state index contributed by atoms with van der Waals surface area (Å²) in [6.45, 7) is 1.89. The van der Waals surface area contributed by atoms with Gasteiger partial charge in [-0.3, -0.25) is 0 Å². The first-order valence-electron chi connectivity index (χ1n) is 7.72. The predicted molar refractivity (Wildman–Crippen MR) is 83.9 cm³/mol. The molecule has 1 fully saturated rings. The first-order valence-corrected chi connectivity index (χ1v) is 7.72. The summed E-state index contributed by atoms with van der Waals surface area (Å²) < 4.78 is 5.14. The highest BCUT2D eigenvalue weighted by Crippen LogP contribution is 2.34. The topological polar surface area (TPSA) is 38.5 Å². The molecule has 112 valence electrons. The molecule has 3 heteroatoms. The molecule has 3 atom stereocenters. The van der Waals surface area contributed by atoms with Crippen LogP contribution in [0.1, 0.15) is 37.2 Å². The van der Waals surface area contributed by atoms with Crippen LogP contribution in [0.2, 0.25) is 0 Å². The average molecular weight is 276 g/mol. The predicted octanol–water partition coefficient (Wildman–Crippen LogP) is 2.62. The number of benzene rings is 1. The Morgan fingerprint density at radius 3 is 2.70 bits per heavy atom. The molecule has 0 heterocycles. The molecule has 1 aromatic rings. The Labute approximate surface area is 123 Å². The molecular weight excluding hydrogens is 248 g/mol. The molecule has 1 saturated carbocycles. The fourth-order valence-electron chi connectivity index (χ4n) is 3.33. The lowest BCUT2D eigenvalue weighted by atomic mass is 9.78. The van der Waals surface area contributed by atoms with Crippen LogP contribution in [0.3, 0.4) is 0 Å². The van der Waals surface area contributed by atoms with Gasteiger partial charge in [-0.1, -0.05) is 30.3 Å². The normalized spacial score (nSPS) is 26.9. The van der Waals surface area contributed by atoms with Crippen molar-refractivity contribution in [3.63, 3.8) is 0 Å². The van der Waals surface area contributed by atoms with Crippen molar-refractivity contribution in [1.82, 2.24) is 4.90 Å². The smallest absolute Gasteiger partial charge is 0.0474 e. The fourth-order valence-corrected chi connectivity index (χ4v) is 3.33. The van der Waals surface area contributed by atoms with Gasteiger partial charge in [0.05, 0.1) is 0 Å². The molecule has 20 heavy (non-hydrogen) atoms. The summed E-state index contributed by atoms with van der Waals surface area (Å²) in [6.07, 6.45) is 4.59. The second kappa shape index (κ2) is 7.77. The third-order valence-electron chi connectivity index (χ3n) is 4.57. The van der Waals surface area contributed by atoms with E-state index in [1.54, 1.807) is 7.11 Å². The molecule has 0 aliphatic heterocycles. The fraction of sp³-hybridized carbons (Fsp3) is 0.647. The summed E-state index contributed by atoms with van der Waals surface area (Å²) in [5, 5.41) is 0. The van der Waals surface area contributed by atoms with Gasteiger partial charge in [0.1, 0.15) is 0 Å². The number of nitrogens with zero attached hydrogens (tertiary/aromatic N) is 1. The van der Waals surface area contributed by atoms with Gasteiger partial charge in [-0.25, -0.2) is 0 Å². The molecule has 0 amide bonds. The van der Waals surface area contributed by atoms with Crippen molar-refractivity contribution >= 4 is 0 Å². The summed E-state index contributed by atoms with van der Waals surface area (Å²) >= 11 is 0. The summed E-state index contributed by atoms with van der Waals surface area (Å²) in [5.41, 5.74) is 7.82. The first kappa shape index (κ1) is 15.5. The van der Waals surface area contributed by atoms with E-state index in [1.807, 2.05) is 0 Å². The van der Waals surface area contributed by atoms with Gasteiger partial charge in [-0.2, -0.15) is 0 Å². The standard InChI is InChI=1S/C17H28N2O/c1-19(11-6-12-20-2)17-13-15(9-10-16(17)18)14-7-4-3-5-8-14/h3-5,7-8,15-17H,6,9-13,18H2,1-2H3. The van der Waals surface area contributed by atoms with Gasteiger partial charge in [0, 0.05) is 32.3 Å². The minimum Gasteiger partial charge on any atom is -0.385 e. The number of ether oxygens (including phenoxy) is 1. The Kier molecular flexibility index (Phi) is 6.02. The molecule has 0 bridgehead atoms. The van der Waals surface area contributed by atoms with E-state index < -0.39 is 0 Å². The maximum atomic E-state index is 6.35. The van der Waals surface area contributed by atoms with Gasteiger partial charge in [0.2, 0.25) is 0 Å². The first-order chi connectivity index (χ1) is 9.72. The van der Waals surface area contributed by atoms with Gasteiger partial charge in [0.15, 0.2) is 0 Å². The zero-order valence-electron chi connectivity index (χ0n) is 12.8. The van der Waals surface area contributed by atoms with Crippen LogP contribution < -0.4 is 5.73 Å². The molecule has 3 unspecified atom stereocenters. The monoisotopic (exact) mass is 276 g/mol. The highest BCUT2D eigenvalue weighted by atomic mass is 16.5. The third-order valence-corrected chi connectivity index (χ3v) is 4.57. The molecule has 2 N–H and O–H groups in total. The van der Waals surface area contributed by atoms with E-state index in [4.69, 9.17) is 10.5 Å². The van der Waals surface area contributed by atoms with E-state index in [1.165, 1.54) is 18.4 Å². The molecule has 0 radical (unpaired) electrons. The molecule has 0 saturated heterocycles. The minimum atomic E-state index is 0.308. The van der Waals surface area contributed by atoms with Crippen molar-refractivity contribution in [1.29, 1.82) is 0 Å². The lowest BCUT2D eigenvalue weighted by Gasteiger charge is -2.40. The van der Waals surface area contributed by atoms with Crippen molar-refractivity contribution in [2.45, 2.75) is 43.7 Å². The van der Waals surface area contributed by atoms with Crippen LogP contribution in [0, 0.1) is 0 Å². The maximum Gasteiger partial charge on any atom is 0.0474 e. The maximum absolute atomic E-state index is 6.35. The average Bonchev–Trinajstić information content (AvgIpc) is 2.49. The SMILES string of the molecule is COCCCN(C)C1CC(c2ccccc2)CCC1N. The van der Waals surface area contributed by atoms with Gasteiger partial charge in [-0.05, 0) is 44.2 Å². The highest BCUT2D eigenvalue weighted by molar-refractivity contribution is 5.20. The number of nitrogens with two attached hydrogens (primary N) is 1. The van der Waals surface area contributed by atoms with Crippen LogP contribution in [0.25, 0.3) is 0 Å². The second-order valence-electron chi connectivity index (χ2n) is 5.98. The number of rotatable bonds is 6. The van der Waals surface area contributed by atoms with Crippen LogP contribution in [-0.4, -0.2) is 44.3 Å². The van der Waals surface area contributed by atoms with Crippen LogP contribution in [0.5, 0.6) is 0 Å². The Balaban J connectivity index is 1.94. The minimum absolute atomic E-state index is 0.308. The molecule has 1 aromatic carbocycles. The molecule has 1 aliphatic rings. The van der Waals surface area contributed by atoms with E-state index in [2.05, 4.69) is 42.3 Å². The van der Waals surface area contributed by atoms with Crippen molar-refractivity contribution in [3.8, 4) is 0 Å². The van der Waals surface area contributed by atoms with Crippen LogP contribution in [0.4, 0.5) is 0 Å². The van der Waals surface area contributed by atoms with Gasteiger partial charge in [0.25, 0.3) is 0 Å². The molecule has 3 nitrogen and oxygen atoms in total. The van der Waals surface area contributed by atoms with Crippen molar-refractivity contribution < 1.29 is 4.74 Å². The van der Waals surface area contributed by atoms with Gasteiger partial charge >= 0.3 is 0 Å². The molecule has 2 rings (SSSR count). The molecular formula is C17H28N2O. The Morgan fingerprint density at radius 1 is 1.25 bits per heavy atom. The van der Waals surface area contributed by atoms with Crippen LogP contribution >= 0.6 is 0 Å². The number of likely N-dealkylation sites (N-methyl/N-ethyl adjacent to an activating group) is 1. The summed E-state index contributed by atoms with van der Waals surface area (Å²) in [5.74, 6) is 0.658. The second-order valence-corrected chi connectivity index (χ2v) is 5.98. The Hall–Kier alpha value is -0.900. The quantitative estimate of drug-likeness (QED) is 0.812. The van der Waals surface area contributed by atoms with Crippen molar-refractivity contribution in [2.75, 3.05) is 27.3 Å². The highest BCUT2D eigenvalue weighted by Gasteiger charge is 2.31. The Bertz CT molecular complexity index is 382. The van der Waals surface area contributed by atoms with E-state index in [9.17, 15) is 0 Å². The van der Waals surface area contributed by atoms with Crippen LogP contribution in [0.15, 0.2) is 30.3 Å². The molecule has 0 aromatic heterocycles. The zero-order chi connectivity index (χ0) is 14.4. The lowest BCUT2D eigenvalue weighted by molar-refractivity contribution is 0.132. The number of hydrogen-bond donors (Lipinski definition) is 1. The number of methoxy groups -OCH3 is 1. The van der Waals surface area contributed by atoms with Gasteiger partial charge in [-0.15, -0.1) is 0 Å². The molecule has 0 spiro atoms. The van der Waals surface area contributed by atoms with Crippen LogP contribution in [-0.2, 0) is 4.74 Å². The Morgan fingerprint density at radius 2 is 2.00 bits per heavy atom. The largest absolute Gasteiger partial charge is 0.385 e. The van der Waals surface area contributed by atoms with E-state index in [-0.39, 0.29) is 0 Å². The van der Waals surface area contributed by atoms with E-state index in [0.29, 0.717) is 18.0 Å². The number of hydrogen-bond acceptors (Lipinski definition) is 3. The van der Waals surface area contributed by atoms with E-state index >= 15 is 0 Å². The lowest BCUT2D eigenvalue weighted by Crippen LogP contribution is -2.49. The third kappa shape index (κ3) is 4.05. The zero-order valence-corrected chi connectivity index (χ0v) is 12.8. The summed E-state index contributed by atoms with van der Waals surface area (Å²) in [7, 11) is 3.96. The van der Waals surface area contributed by atoms with E-state index in [0.717, 1.165) is 26.0 Å². The van der Waals surface area contributed by atoms with Gasteiger partial charge < -0.3 is 15.4 Å². The van der Waals surface area contributed by atoms with Crippen molar-refractivity contribution in [2.24, 2.45) is 5.73 Å². The van der Waals surface area contributed by atoms with Crippen molar-refractivity contribution in [3.05, 3.63) is 35.9 Å².